The van der Waals surface area contributed by atoms with Crippen molar-refractivity contribution in [1.82, 2.24) is 9.55 Å². The Labute approximate surface area is 241 Å². The number of aliphatic hydroxyl groups is 1. The number of esters is 1. The smallest absolute Gasteiger partial charge is 0.423 e. The number of rotatable bonds is 12. The highest BCUT2D eigenvalue weighted by Gasteiger charge is 2.42. The number of alkyl halides is 3. The van der Waals surface area contributed by atoms with Gasteiger partial charge in [0, 0.05) is 6.20 Å². The van der Waals surface area contributed by atoms with Gasteiger partial charge in [0.1, 0.15) is 29.6 Å². The second-order valence-corrected chi connectivity index (χ2v) is 13.0. The van der Waals surface area contributed by atoms with Crippen molar-refractivity contribution in [1.29, 1.82) is 0 Å². The van der Waals surface area contributed by atoms with Crippen LogP contribution in [0.5, 0.6) is 5.75 Å². The van der Waals surface area contributed by atoms with E-state index in [2.05, 4.69) is 0 Å². The minimum atomic E-state index is -5.01. The van der Waals surface area contributed by atoms with Crippen molar-refractivity contribution in [3.63, 3.8) is 0 Å². The average molecular weight is 620 g/mol. The van der Waals surface area contributed by atoms with Crippen LogP contribution in [0.15, 0.2) is 50.9 Å². The number of nitrogens with zero attached hydrogens (tertiary/aromatic N) is 2. The highest BCUT2D eigenvalue weighted by atomic mass is 31.2. The molecule has 1 fully saturated rings. The number of hydrogen-bond acceptors (Lipinski definition) is 9. The second-order valence-electron chi connectivity index (χ2n) is 10.3. The standard InChI is InChI=1S/C27H37F3N3O8P/c1-6-10-17(4)42(41-19-11-8-7-9-12-19,32-18(5)25(36)40-16(2)3)39-15-22-23(34)21(14-38-22)33-13-20(27(28,29)30)24(35)31-26(33)37/h7-9,11-13,16-18,21-23,34H,6,10,14-15H2,1-5H3,(H,31,35,37). The predicted octanol–water partition coefficient (Wildman–Crippen LogP) is 4.51. The first-order valence-electron chi connectivity index (χ1n) is 13.6. The third-order valence-electron chi connectivity index (χ3n) is 6.58. The lowest BCUT2D eigenvalue weighted by Gasteiger charge is -2.32. The highest BCUT2D eigenvalue weighted by Crippen LogP contribution is 2.58. The third kappa shape index (κ3) is 8.12. The normalized spacial score (nSPS) is 21.9. The molecule has 0 bridgehead atoms. The van der Waals surface area contributed by atoms with Crippen LogP contribution in [0.4, 0.5) is 13.2 Å². The molecule has 234 valence electrons. The molecule has 3 rings (SSSR count). The zero-order valence-electron chi connectivity index (χ0n) is 24.0. The first-order chi connectivity index (χ1) is 19.7. The summed E-state index contributed by atoms with van der Waals surface area (Å²) >= 11 is 0. The van der Waals surface area contributed by atoms with Gasteiger partial charge in [0.25, 0.3) is 13.1 Å². The van der Waals surface area contributed by atoms with Crippen LogP contribution in [-0.4, -0.2) is 63.9 Å². The van der Waals surface area contributed by atoms with Gasteiger partial charge in [-0.05, 0) is 39.3 Å². The molecule has 6 atom stereocenters. The number of aliphatic hydroxyl groups excluding tert-OH is 1. The fraction of sp³-hybridized carbons (Fsp3) is 0.593. The Hall–Kier alpha value is -2.93. The van der Waals surface area contributed by atoms with Crippen LogP contribution in [0.3, 0.4) is 0 Å². The molecule has 0 spiro atoms. The van der Waals surface area contributed by atoms with Crippen LogP contribution >= 0.6 is 7.51 Å². The number of carbonyl (C=O) groups is 1. The molecule has 0 radical (unpaired) electrons. The summed E-state index contributed by atoms with van der Waals surface area (Å²) in [7, 11) is -3.33. The molecule has 42 heavy (non-hydrogen) atoms. The number of aromatic nitrogens is 2. The molecule has 2 heterocycles. The summed E-state index contributed by atoms with van der Waals surface area (Å²) < 4.78 is 69.0. The lowest BCUT2D eigenvalue weighted by atomic mass is 10.1. The maximum absolute atomic E-state index is 13.3. The summed E-state index contributed by atoms with van der Waals surface area (Å²) in [6.45, 7) is 8.18. The third-order valence-corrected chi connectivity index (χ3v) is 9.61. The van der Waals surface area contributed by atoms with Crippen LogP contribution in [0.1, 0.15) is 59.1 Å². The fourth-order valence-electron chi connectivity index (χ4n) is 4.42. The van der Waals surface area contributed by atoms with E-state index in [4.69, 9.17) is 23.3 Å². The molecule has 0 saturated carbocycles. The topological polar surface area (TPSA) is 141 Å². The summed E-state index contributed by atoms with van der Waals surface area (Å²) in [6, 6.07) is 6.54. The van der Waals surface area contributed by atoms with Gasteiger partial charge in [0.05, 0.1) is 31.0 Å². The van der Waals surface area contributed by atoms with Gasteiger partial charge < -0.3 is 23.6 Å². The predicted molar refractivity (Wildman–Crippen MR) is 149 cm³/mol. The van der Waals surface area contributed by atoms with Gasteiger partial charge in [0.2, 0.25) is 0 Å². The number of carbonyl (C=O) groups excluding carboxylic acids is 1. The Morgan fingerprint density at radius 1 is 1.21 bits per heavy atom. The van der Waals surface area contributed by atoms with Gasteiger partial charge in [-0.2, -0.15) is 13.2 Å². The summed E-state index contributed by atoms with van der Waals surface area (Å²) in [5, 5.41) is 11.0. The van der Waals surface area contributed by atoms with Crippen molar-refractivity contribution in [2.75, 3.05) is 13.2 Å². The summed E-state index contributed by atoms with van der Waals surface area (Å²) in [5.41, 5.74) is -4.60. The fourth-order valence-corrected chi connectivity index (χ4v) is 7.19. The van der Waals surface area contributed by atoms with Crippen molar-refractivity contribution >= 4 is 13.5 Å². The quantitative estimate of drug-likeness (QED) is 0.261. The highest BCUT2D eigenvalue weighted by molar-refractivity contribution is 7.57. The second kappa shape index (κ2) is 14.0. The van der Waals surface area contributed by atoms with Crippen LogP contribution in [0.25, 0.3) is 0 Å². The number of benzene rings is 1. The number of halogens is 3. The van der Waals surface area contributed by atoms with Crippen LogP contribution in [0.2, 0.25) is 0 Å². The molecule has 2 aromatic rings. The molecule has 11 nitrogen and oxygen atoms in total. The van der Waals surface area contributed by atoms with Crippen molar-refractivity contribution in [2.24, 2.45) is 4.74 Å². The molecule has 1 aliphatic heterocycles. The first-order valence-corrected chi connectivity index (χ1v) is 15.3. The van der Waals surface area contributed by atoms with Crippen molar-refractivity contribution in [2.45, 2.75) is 89.7 Å². The maximum Gasteiger partial charge on any atom is 0.423 e. The zero-order chi connectivity index (χ0) is 31.2. The van der Waals surface area contributed by atoms with Crippen molar-refractivity contribution in [3.05, 3.63) is 62.9 Å². The molecule has 0 amide bonds. The Balaban J connectivity index is 1.96. The Kier molecular flexibility index (Phi) is 11.2. The lowest BCUT2D eigenvalue weighted by molar-refractivity contribution is -0.148. The molecule has 1 saturated heterocycles. The van der Waals surface area contributed by atoms with E-state index < -0.39 is 60.8 Å². The van der Waals surface area contributed by atoms with Gasteiger partial charge in [-0.3, -0.25) is 14.3 Å². The molecule has 1 aromatic carbocycles. The molecule has 0 aliphatic carbocycles. The van der Waals surface area contributed by atoms with Gasteiger partial charge in [-0.1, -0.05) is 38.5 Å². The van der Waals surface area contributed by atoms with E-state index in [9.17, 15) is 32.7 Å². The largest absolute Gasteiger partial charge is 0.461 e. The van der Waals surface area contributed by atoms with E-state index in [1.54, 1.807) is 56.1 Å². The van der Waals surface area contributed by atoms with Gasteiger partial charge in [-0.25, -0.2) is 14.3 Å². The molecular weight excluding hydrogens is 582 g/mol. The first kappa shape index (κ1) is 33.6. The Morgan fingerprint density at radius 3 is 2.48 bits per heavy atom. The van der Waals surface area contributed by atoms with Gasteiger partial charge >= 0.3 is 17.8 Å². The number of nitrogens with one attached hydrogen (secondary N) is 1. The minimum absolute atomic E-state index is 0.313. The van der Waals surface area contributed by atoms with Gasteiger partial charge in [-0.15, -0.1) is 0 Å². The number of ether oxygens (including phenoxy) is 2. The summed E-state index contributed by atoms with van der Waals surface area (Å²) in [5.74, 6) is -0.138. The number of hydrogen-bond donors (Lipinski definition) is 2. The van der Waals surface area contributed by atoms with E-state index in [1.165, 1.54) is 0 Å². The molecule has 6 unspecified atom stereocenters. The van der Waals surface area contributed by atoms with Crippen LogP contribution in [0, 0.1) is 0 Å². The average Bonchev–Trinajstić information content (AvgIpc) is 3.26. The van der Waals surface area contributed by atoms with E-state index in [0.29, 0.717) is 22.9 Å². The lowest BCUT2D eigenvalue weighted by Crippen LogP contribution is -2.41. The number of aromatic amines is 1. The molecule has 15 heteroatoms. The van der Waals surface area contributed by atoms with E-state index in [1.807, 2.05) is 13.8 Å². The van der Waals surface area contributed by atoms with E-state index in [-0.39, 0.29) is 25.0 Å². The SMILES string of the molecule is CCCC(C)P(=NC(C)C(=O)OC(C)C)(OCC1OCC(n2cc(C(F)(F)F)c(=O)[nH]c2=O)C1O)Oc1ccccc1. The minimum Gasteiger partial charge on any atom is -0.461 e. The van der Waals surface area contributed by atoms with Crippen LogP contribution < -0.4 is 15.8 Å². The maximum atomic E-state index is 13.3. The number of H-pyrrole nitrogens is 1. The monoisotopic (exact) mass is 619 g/mol. The zero-order valence-corrected chi connectivity index (χ0v) is 24.9. The van der Waals surface area contributed by atoms with Crippen molar-refractivity contribution < 1.29 is 41.6 Å². The van der Waals surface area contributed by atoms with Gasteiger partial charge in [0.15, 0.2) is 0 Å². The molecule has 1 aliphatic rings. The van der Waals surface area contributed by atoms with E-state index >= 15 is 0 Å². The molecular formula is C27H37F3N3O8P. The number of para-hydroxylation sites is 1. The Morgan fingerprint density at radius 2 is 1.88 bits per heavy atom. The molecule has 1 aromatic heterocycles. The van der Waals surface area contributed by atoms with Crippen molar-refractivity contribution in [3.8, 4) is 5.75 Å². The van der Waals surface area contributed by atoms with E-state index in [0.717, 1.165) is 6.42 Å². The van der Waals surface area contributed by atoms with Crippen LogP contribution in [-0.2, 0) is 25.0 Å². The summed E-state index contributed by atoms with van der Waals surface area (Å²) in [4.78, 5) is 38.5. The summed E-state index contributed by atoms with van der Waals surface area (Å²) in [6.07, 6.45) is -6.25. The molecule has 2 N–H and O–H groups in total. The Bertz CT molecular complexity index is 1380.